The number of nitrogens with one attached hydrogen (secondary N) is 2. The van der Waals surface area contributed by atoms with Gasteiger partial charge in [0.05, 0.1) is 0 Å². The fourth-order valence-corrected chi connectivity index (χ4v) is 1.76. The summed E-state index contributed by atoms with van der Waals surface area (Å²) in [4.78, 5) is 4.04. The summed E-state index contributed by atoms with van der Waals surface area (Å²) >= 11 is 0. The van der Waals surface area contributed by atoms with Crippen molar-refractivity contribution in [3.8, 4) is 0 Å². The van der Waals surface area contributed by atoms with E-state index >= 15 is 0 Å². The van der Waals surface area contributed by atoms with Crippen LogP contribution in [0.1, 0.15) is 19.4 Å². The van der Waals surface area contributed by atoms with Gasteiger partial charge < -0.3 is 0 Å². The van der Waals surface area contributed by atoms with Gasteiger partial charge in [-0.25, -0.2) is 4.99 Å². The summed E-state index contributed by atoms with van der Waals surface area (Å²) in [6.07, 6.45) is 0. The van der Waals surface area contributed by atoms with Crippen LogP contribution in [0.4, 0.5) is 0 Å². The molecule has 3 heteroatoms. The van der Waals surface area contributed by atoms with Gasteiger partial charge in [0.1, 0.15) is 5.71 Å². The van der Waals surface area contributed by atoms with Crippen LogP contribution in [0, 0.1) is 10.8 Å². The highest BCUT2D eigenvalue weighted by atomic mass is 14.9. The van der Waals surface area contributed by atoms with E-state index in [1.807, 2.05) is 44.2 Å². The standard InChI is InChI=1S/C13H13N3/c1-8-9(2)16-13(15)12(14)11(8)10-6-4-3-5-7-10/h3-7,14-15H,1-2H3. The molecule has 0 amide bonds. The lowest BCUT2D eigenvalue weighted by atomic mass is 9.91. The Hall–Kier alpha value is -2.03. The SMILES string of the molecule is CC1=NC(=N)C(=N)C(c2ccccc2)=C1C. The molecule has 1 aliphatic rings. The van der Waals surface area contributed by atoms with Crippen LogP contribution in [0.15, 0.2) is 40.9 Å². The van der Waals surface area contributed by atoms with Crippen molar-refractivity contribution in [1.82, 2.24) is 0 Å². The third-order valence-electron chi connectivity index (χ3n) is 2.75. The highest BCUT2D eigenvalue weighted by Gasteiger charge is 2.21. The molecule has 1 aliphatic heterocycles. The van der Waals surface area contributed by atoms with E-state index in [4.69, 9.17) is 10.8 Å². The van der Waals surface area contributed by atoms with Gasteiger partial charge in [-0.15, -0.1) is 0 Å². The topological polar surface area (TPSA) is 60.1 Å². The molecule has 0 unspecified atom stereocenters. The summed E-state index contributed by atoms with van der Waals surface area (Å²) in [5.74, 6) is 0.0435. The lowest BCUT2D eigenvalue weighted by Crippen LogP contribution is -2.21. The van der Waals surface area contributed by atoms with Gasteiger partial charge in [-0.3, -0.25) is 10.8 Å². The van der Waals surface area contributed by atoms with Crippen molar-refractivity contribution in [3.63, 3.8) is 0 Å². The average Bonchev–Trinajstić information content (AvgIpc) is 2.28. The van der Waals surface area contributed by atoms with Crippen molar-refractivity contribution in [1.29, 1.82) is 10.8 Å². The molecule has 0 bridgehead atoms. The normalized spacial score (nSPS) is 16.5. The third kappa shape index (κ3) is 1.60. The largest absolute Gasteiger partial charge is 0.296 e. The second kappa shape index (κ2) is 3.85. The second-order valence-corrected chi connectivity index (χ2v) is 3.79. The molecule has 1 heterocycles. The number of rotatable bonds is 1. The fraction of sp³-hybridized carbons (Fsp3) is 0.154. The van der Waals surface area contributed by atoms with E-state index in [1.165, 1.54) is 0 Å². The number of dihydropyridines is 1. The molecule has 0 saturated heterocycles. The minimum Gasteiger partial charge on any atom is -0.296 e. The molecule has 3 nitrogen and oxygen atoms in total. The summed E-state index contributed by atoms with van der Waals surface area (Å²) in [7, 11) is 0. The molecule has 0 atom stereocenters. The van der Waals surface area contributed by atoms with Crippen LogP contribution in [0.3, 0.4) is 0 Å². The van der Waals surface area contributed by atoms with Crippen molar-refractivity contribution >= 4 is 22.8 Å². The van der Waals surface area contributed by atoms with Crippen LogP contribution in [0.2, 0.25) is 0 Å². The number of benzene rings is 1. The van der Waals surface area contributed by atoms with E-state index < -0.39 is 0 Å². The highest BCUT2D eigenvalue weighted by molar-refractivity contribution is 6.60. The Bertz CT molecular complexity index is 521. The molecule has 16 heavy (non-hydrogen) atoms. The number of aliphatic imine (C=N–C) groups is 1. The van der Waals surface area contributed by atoms with E-state index in [1.54, 1.807) is 0 Å². The minimum absolute atomic E-state index is 0.0435. The van der Waals surface area contributed by atoms with Crippen molar-refractivity contribution in [2.24, 2.45) is 4.99 Å². The summed E-state index contributed by atoms with van der Waals surface area (Å²) < 4.78 is 0. The first kappa shape index (κ1) is 10.5. The minimum atomic E-state index is 0.0435. The van der Waals surface area contributed by atoms with Gasteiger partial charge in [-0.2, -0.15) is 0 Å². The molecule has 0 radical (unpaired) electrons. The maximum absolute atomic E-state index is 7.92. The molecule has 0 fully saturated rings. The van der Waals surface area contributed by atoms with Gasteiger partial charge in [0, 0.05) is 11.3 Å². The average molecular weight is 211 g/mol. The van der Waals surface area contributed by atoms with Gasteiger partial charge in [-0.05, 0) is 25.0 Å². The molecule has 1 aromatic carbocycles. The van der Waals surface area contributed by atoms with Crippen molar-refractivity contribution in [3.05, 3.63) is 41.5 Å². The van der Waals surface area contributed by atoms with Crippen LogP contribution in [0.25, 0.3) is 5.57 Å². The van der Waals surface area contributed by atoms with Crippen molar-refractivity contribution in [2.75, 3.05) is 0 Å². The first-order chi connectivity index (χ1) is 7.61. The monoisotopic (exact) mass is 211 g/mol. The van der Waals surface area contributed by atoms with Crippen molar-refractivity contribution in [2.45, 2.75) is 13.8 Å². The molecule has 0 spiro atoms. The number of allylic oxidation sites excluding steroid dienone is 1. The third-order valence-corrected chi connectivity index (χ3v) is 2.75. The van der Waals surface area contributed by atoms with Crippen LogP contribution in [0.5, 0.6) is 0 Å². The highest BCUT2D eigenvalue weighted by Crippen LogP contribution is 2.24. The predicted octanol–water partition coefficient (Wildman–Crippen LogP) is 2.93. The zero-order valence-electron chi connectivity index (χ0n) is 9.33. The zero-order chi connectivity index (χ0) is 11.7. The Morgan fingerprint density at radius 2 is 1.62 bits per heavy atom. The molecule has 2 rings (SSSR count). The molecule has 0 aromatic heterocycles. The molecule has 0 aliphatic carbocycles. The Balaban J connectivity index is 2.62. The first-order valence-corrected chi connectivity index (χ1v) is 5.11. The Labute approximate surface area is 94.6 Å². The van der Waals surface area contributed by atoms with E-state index in [0.717, 1.165) is 22.4 Å². The van der Waals surface area contributed by atoms with Crippen molar-refractivity contribution < 1.29 is 0 Å². The van der Waals surface area contributed by atoms with Gasteiger partial charge >= 0.3 is 0 Å². The zero-order valence-corrected chi connectivity index (χ0v) is 9.33. The van der Waals surface area contributed by atoms with Gasteiger partial charge in [-0.1, -0.05) is 30.3 Å². The summed E-state index contributed by atoms with van der Waals surface area (Å²) in [5.41, 5.74) is 3.79. The Morgan fingerprint density at radius 3 is 2.25 bits per heavy atom. The van der Waals surface area contributed by atoms with E-state index in [9.17, 15) is 0 Å². The molecular formula is C13H13N3. The summed E-state index contributed by atoms with van der Waals surface area (Å²) in [6, 6.07) is 9.73. The maximum atomic E-state index is 7.92. The van der Waals surface area contributed by atoms with Gasteiger partial charge in [0.2, 0.25) is 0 Å². The predicted molar refractivity (Wildman–Crippen MR) is 67.6 cm³/mol. The number of hydrogen-bond donors (Lipinski definition) is 2. The van der Waals surface area contributed by atoms with E-state index in [2.05, 4.69) is 4.99 Å². The second-order valence-electron chi connectivity index (χ2n) is 3.79. The van der Waals surface area contributed by atoms with Gasteiger partial charge in [0.15, 0.2) is 5.84 Å². The number of hydrogen-bond acceptors (Lipinski definition) is 2. The molecule has 2 N–H and O–H groups in total. The number of amidine groups is 1. The summed E-state index contributed by atoms with van der Waals surface area (Å²) in [5, 5.41) is 15.6. The first-order valence-electron chi connectivity index (χ1n) is 5.11. The quantitative estimate of drug-likeness (QED) is 0.717. The molecule has 80 valence electrons. The van der Waals surface area contributed by atoms with Crippen LogP contribution >= 0.6 is 0 Å². The lowest BCUT2D eigenvalue weighted by Gasteiger charge is -2.18. The van der Waals surface area contributed by atoms with Crippen LogP contribution in [-0.2, 0) is 0 Å². The van der Waals surface area contributed by atoms with Gasteiger partial charge in [0.25, 0.3) is 0 Å². The summed E-state index contributed by atoms with van der Waals surface area (Å²) in [6.45, 7) is 3.82. The van der Waals surface area contributed by atoms with Crippen LogP contribution in [-0.4, -0.2) is 17.3 Å². The smallest absolute Gasteiger partial charge is 0.170 e. The Kier molecular flexibility index (Phi) is 2.52. The van der Waals surface area contributed by atoms with E-state index in [0.29, 0.717) is 0 Å². The maximum Gasteiger partial charge on any atom is 0.170 e. The number of nitrogens with zero attached hydrogens (tertiary/aromatic N) is 1. The fourth-order valence-electron chi connectivity index (χ4n) is 1.76. The van der Waals surface area contributed by atoms with Crippen LogP contribution < -0.4 is 0 Å². The lowest BCUT2D eigenvalue weighted by molar-refractivity contribution is 1.39. The Morgan fingerprint density at radius 1 is 1.00 bits per heavy atom. The molecular weight excluding hydrogens is 198 g/mol. The molecule has 0 saturated carbocycles. The van der Waals surface area contributed by atoms with E-state index in [-0.39, 0.29) is 11.5 Å². The molecule has 1 aromatic rings.